The van der Waals surface area contributed by atoms with E-state index in [0.29, 0.717) is 24.8 Å². The van der Waals surface area contributed by atoms with Crippen LogP contribution in [0.25, 0.3) is 0 Å². The summed E-state index contributed by atoms with van der Waals surface area (Å²) in [4.78, 5) is 4.39. The molecule has 2 aromatic rings. The molecule has 0 aliphatic carbocycles. The van der Waals surface area contributed by atoms with Crippen LogP contribution >= 0.6 is 0 Å². The van der Waals surface area contributed by atoms with Gasteiger partial charge in [-0.3, -0.25) is 4.99 Å². The minimum atomic E-state index is -3.44. The van der Waals surface area contributed by atoms with Crippen molar-refractivity contribution in [3.05, 3.63) is 59.9 Å². The van der Waals surface area contributed by atoms with Gasteiger partial charge in [0, 0.05) is 19.7 Å². The van der Waals surface area contributed by atoms with Gasteiger partial charge in [-0.1, -0.05) is 25.1 Å². The summed E-state index contributed by atoms with van der Waals surface area (Å²) in [7, 11) is -0.408. The molecule has 0 radical (unpaired) electrons. The monoisotopic (exact) mass is 422 g/mol. The molecule has 1 unspecified atom stereocenters. The maximum absolute atomic E-state index is 13.3. The van der Waals surface area contributed by atoms with Crippen LogP contribution in [0.15, 0.2) is 58.4 Å². The van der Waals surface area contributed by atoms with Gasteiger partial charge in [0.05, 0.1) is 11.4 Å². The summed E-state index contributed by atoms with van der Waals surface area (Å²) < 4.78 is 44.9. The molecule has 0 spiro atoms. The highest BCUT2D eigenvalue weighted by Gasteiger charge is 2.12. The molecule has 0 saturated heterocycles. The Balaban J connectivity index is 1.87. The summed E-state index contributed by atoms with van der Waals surface area (Å²) in [6.07, 6.45) is 0.587. The average molecular weight is 423 g/mol. The molecular weight excluding hydrogens is 395 g/mol. The van der Waals surface area contributed by atoms with E-state index >= 15 is 0 Å². The number of benzene rings is 2. The molecule has 2 aromatic carbocycles. The van der Waals surface area contributed by atoms with Crippen LogP contribution in [0.4, 0.5) is 4.39 Å². The minimum absolute atomic E-state index is 0.151. The Morgan fingerprint density at radius 2 is 1.90 bits per heavy atom. The van der Waals surface area contributed by atoms with Crippen LogP contribution in [0, 0.1) is 5.82 Å². The van der Waals surface area contributed by atoms with E-state index in [1.165, 1.54) is 19.2 Å². The molecule has 0 bridgehead atoms. The molecule has 7 nitrogen and oxygen atoms in total. The maximum Gasteiger partial charge on any atom is 0.240 e. The van der Waals surface area contributed by atoms with Crippen LogP contribution in [0.3, 0.4) is 0 Å². The normalized spacial score (nSPS) is 13.0. The largest absolute Gasteiger partial charge is 0.489 e. The molecule has 9 heteroatoms. The highest BCUT2D eigenvalue weighted by molar-refractivity contribution is 7.89. The number of nitrogens with one attached hydrogen (secondary N) is 3. The van der Waals surface area contributed by atoms with Gasteiger partial charge >= 0.3 is 0 Å². The van der Waals surface area contributed by atoms with Gasteiger partial charge in [0.25, 0.3) is 0 Å². The molecule has 0 aliphatic rings. The molecule has 0 amide bonds. The van der Waals surface area contributed by atoms with E-state index in [-0.39, 0.29) is 16.8 Å². The second-order valence-corrected chi connectivity index (χ2v) is 8.15. The number of sulfonamides is 1. The number of ether oxygens (including phenoxy) is 1. The molecule has 158 valence electrons. The number of halogens is 1. The van der Waals surface area contributed by atoms with Gasteiger partial charge in [0.2, 0.25) is 10.0 Å². The molecule has 1 atom stereocenters. The molecule has 0 aromatic heterocycles. The number of hydrogen-bond donors (Lipinski definition) is 3. The molecule has 3 N–H and O–H groups in total. The summed E-state index contributed by atoms with van der Waals surface area (Å²) in [5, 5.41) is 6.35. The van der Waals surface area contributed by atoms with Crippen molar-refractivity contribution in [3.63, 3.8) is 0 Å². The first-order valence-corrected chi connectivity index (χ1v) is 10.8. The average Bonchev–Trinajstić information content (AvgIpc) is 2.73. The Hall–Kier alpha value is -2.65. The first-order valence-electron chi connectivity index (χ1n) is 9.27. The van der Waals surface area contributed by atoms with E-state index in [2.05, 4.69) is 20.3 Å². The number of hydrogen-bond acceptors (Lipinski definition) is 4. The highest BCUT2D eigenvalue weighted by atomic mass is 32.2. The third-order valence-corrected chi connectivity index (χ3v) is 5.67. The SMILES string of the molecule is CCC(CNC(=NC)NCc1ccc(S(=O)(=O)NC)cc1)Oc1cccc(F)c1. The number of rotatable bonds is 9. The minimum Gasteiger partial charge on any atom is -0.489 e. The Morgan fingerprint density at radius 3 is 2.48 bits per heavy atom. The highest BCUT2D eigenvalue weighted by Crippen LogP contribution is 2.15. The van der Waals surface area contributed by atoms with Crippen molar-refractivity contribution in [1.82, 2.24) is 15.4 Å². The van der Waals surface area contributed by atoms with E-state index in [0.717, 1.165) is 12.0 Å². The van der Waals surface area contributed by atoms with Crippen molar-refractivity contribution in [2.75, 3.05) is 20.6 Å². The predicted octanol–water partition coefficient (Wildman–Crippen LogP) is 2.26. The third kappa shape index (κ3) is 7.03. The standard InChI is InChI=1S/C20H27FN4O3S/c1-4-17(28-18-7-5-6-16(21)12-18)14-25-20(22-2)24-13-15-8-10-19(11-9-15)29(26,27)23-3/h5-12,17,23H,4,13-14H2,1-3H3,(H2,22,24,25). The zero-order valence-corrected chi connectivity index (χ0v) is 17.6. The lowest BCUT2D eigenvalue weighted by molar-refractivity contribution is 0.199. The first-order chi connectivity index (χ1) is 13.9. The number of nitrogens with zero attached hydrogens (tertiary/aromatic N) is 1. The first kappa shape index (κ1) is 22.6. The van der Waals surface area contributed by atoms with Gasteiger partial charge < -0.3 is 15.4 Å². The Kier molecular flexibility index (Phi) is 8.41. The molecule has 2 rings (SSSR count). The van der Waals surface area contributed by atoms with Crippen LogP contribution in [-0.2, 0) is 16.6 Å². The predicted molar refractivity (Wildman–Crippen MR) is 112 cm³/mol. The lowest BCUT2D eigenvalue weighted by atomic mass is 10.2. The molecule has 0 saturated carbocycles. The summed E-state index contributed by atoms with van der Waals surface area (Å²) in [5.41, 5.74) is 0.908. The zero-order chi connectivity index (χ0) is 21.3. The quantitative estimate of drug-likeness (QED) is 0.426. The smallest absolute Gasteiger partial charge is 0.240 e. The Morgan fingerprint density at radius 1 is 1.17 bits per heavy atom. The van der Waals surface area contributed by atoms with E-state index in [9.17, 15) is 12.8 Å². The van der Waals surface area contributed by atoms with Gasteiger partial charge in [-0.2, -0.15) is 0 Å². The van der Waals surface area contributed by atoms with E-state index in [4.69, 9.17) is 4.74 Å². The molecule has 0 aliphatic heterocycles. The van der Waals surface area contributed by atoms with Crippen molar-refractivity contribution < 1.29 is 17.5 Å². The Labute approximate surface area is 171 Å². The van der Waals surface area contributed by atoms with Gasteiger partial charge in [-0.15, -0.1) is 0 Å². The van der Waals surface area contributed by atoms with Crippen LogP contribution in [0.2, 0.25) is 0 Å². The fourth-order valence-electron chi connectivity index (χ4n) is 2.52. The van der Waals surface area contributed by atoms with Crippen LogP contribution in [-0.4, -0.2) is 41.1 Å². The van der Waals surface area contributed by atoms with E-state index in [1.807, 2.05) is 6.92 Å². The molecule has 0 heterocycles. The van der Waals surface area contributed by atoms with Crippen molar-refractivity contribution in [1.29, 1.82) is 0 Å². The van der Waals surface area contributed by atoms with Crippen LogP contribution < -0.4 is 20.1 Å². The summed E-state index contributed by atoms with van der Waals surface area (Å²) >= 11 is 0. The van der Waals surface area contributed by atoms with Gasteiger partial charge in [-0.05, 0) is 43.3 Å². The van der Waals surface area contributed by atoms with Gasteiger partial charge in [-0.25, -0.2) is 17.5 Å². The second-order valence-electron chi connectivity index (χ2n) is 6.26. The van der Waals surface area contributed by atoms with Crippen LogP contribution in [0.5, 0.6) is 5.75 Å². The zero-order valence-electron chi connectivity index (χ0n) is 16.8. The van der Waals surface area contributed by atoms with Crippen molar-refractivity contribution >= 4 is 16.0 Å². The summed E-state index contributed by atoms with van der Waals surface area (Å²) in [6.45, 7) is 2.95. The number of guanidine groups is 1. The number of aliphatic imine (C=N–C) groups is 1. The van der Waals surface area contributed by atoms with Gasteiger partial charge in [0.1, 0.15) is 17.7 Å². The molecular formula is C20H27FN4O3S. The van der Waals surface area contributed by atoms with E-state index < -0.39 is 10.0 Å². The third-order valence-electron chi connectivity index (χ3n) is 4.24. The topological polar surface area (TPSA) is 91.8 Å². The fraction of sp³-hybridized carbons (Fsp3) is 0.350. The van der Waals surface area contributed by atoms with Crippen molar-refractivity contribution in [3.8, 4) is 5.75 Å². The Bertz CT molecular complexity index is 918. The summed E-state index contributed by atoms with van der Waals surface area (Å²) in [6, 6.07) is 12.7. The van der Waals surface area contributed by atoms with Crippen LogP contribution in [0.1, 0.15) is 18.9 Å². The summed E-state index contributed by atoms with van der Waals surface area (Å²) in [5.74, 6) is 0.729. The lowest BCUT2D eigenvalue weighted by Gasteiger charge is -2.20. The maximum atomic E-state index is 13.3. The van der Waals surface area contributed by atoms with Gasteiger partial charge in [0.15, 0.2) is 5.96 Å². The van der Waals surface area contributed by atoms with E-state index in [1.54, 1.807) is 43.4 Å². The second kappa shape index (κ2) is 10.8. The molecule has 0 fully saturated rings. The lowest BCUT2D eigenvalue weighted by Crippen LogP contribution is -2.42. The fourth-order valence-corrected chi connectivity index (χ4v) is 3.25. The molecule has 29 heavy (non-hydrogen) atoms. The van der Waals surface area contributed by atoms with Crippen molar-refractivity contribution in [2.45, 2.75) is 30.9 Å². The van der Waals surface area contributed by atoms with Crippen molar-refractivity contribution in [2.24, 2.45) is 4.99 Å².